The molecule has 0 bridgehead atoms. The van der Waals surface area contributed by atoms with Gasteiger partial charge in [-0.15, -0.1) is 0 Å². The maximum absolute atomic E-state index is 11.5. The Labute approximate surface area is 145 Å². The number of nitrogens with one attached hydrogen (secondary N) is 2. The van der Waals surface area contributed by atoms with Gasteiger partial charge in [0.15, 0.2) is 15.8 Å². The van der Waals surface area contributed by atoms with E-state index in [1.165, 1.54) is 38.6 Å². The lowest BCUT2D eigenvalue weighted by molar-refractivity contribution is 0.232. The van der Waals surface area contributed by atoms with Crippen molar-refractivity contribution in [1.29, 1.82) is 0 Å². The first-order valence-electron chi connectivity index (χ1n) is 8.45. The molecule has 2 rings (SSSR count). The summed E-state index contributed by atoms with van der Waals surface area (Å²) in [5, 5.41) is 6.58. The third kappa shape index (κ3) is 6.13. The maximum atomic E-state index is 11.5. The van der Waals surface area contributed by atoms with E-state index in [9.17, 15) is 8.42 Å². The molecular formula is C17H28N4O2S. The third-order valence-electron chi connectivity index (χ3n) is 4.20. The monoisotopic (exact) mass is 352 g/mol. The number of guanidine groups is 1. The highest BCUT2D eigenvalue weighted by molar-refractivity contribution is 7.90. The summed E-state index contributed by atoms with van der Waals surface area (Å²) in [7, 11) is -1.39. The van der Waals surface area contributed by atoms with E-state index < -0.39 is 9.84 Å². The van der Waals surface area contributed by atoms with E-state index in [-0.39, 0.29) is 0 Å². The molecule has 1 aliphatic rings. The Morgan fingerprint density at radius 1 is 1.12 bits per heavy atom. The first kappa shape index (κ1) is 18.7. The highest BCUT2D eigenvalue weighted by atomic mass is 32.2. The average molecular weight is 353 g/mol. The smallest absolute Gasteiger partial charge is 0.191 e. The predicted octanol–water partition coefficient (Wildman–Crippen LogP) is 1.24. The topological polar surface area (TPSA) is 73.8 Å². The van der Waals surface area contributed by atoms with Gasteiger partial charge in [0.1, 0.15) is 0 Å². The Morgan fingerprint density at radius 2 is 1.79 bits per heavy atom. The summed E-state index contributed by atoms with van der Waals surface area (Å²) in [5.74, 6) is 0.763. The van der Waals surface area contributed by atoms with Crippen molar-refractivity contribution in [3.63, 3.8) is 0 Å². The molecule has 1 aromatic carbocycles. The van der Waals surface area contributed by atoms with Crippen molar-refractivity contribution >= 4 is 15.8 Å². The van der Waals surface area contributed by atoms with Gasteiger partial charge >= 0.3 is 0 Å². The minimum atomic E-state index is -3.14. The first-order chi connectivity index (χ1) is 11.5. The van der Waals surface area contributed by atoms with Crippen LogP contribution in [0.4, 0.5) is 0 Å². The summed E-state index contributed by atoms with van der Waals surface area (Å²) in [6.07, 6.45) is 5.17. The van der Waals surface area contributed by atoms with Crippen molar-refractivity contribution < 1.29 is 8.42 Å². The summed E-state index contributed by atoms with van der Waals surface area (Å²) >= 11 is 0. The van der Waals surface area contributed by atoms with E-state index >= 15 is 0 Å². The normalized spacial score (nSPS) is 16.8. The number of likely N-dealkylation sites (tertiary alicyclic amines) is 1. The zero-order chi connectivity index (χ0) is 17.4. The van der Waals surface area contributed by atoms with Gasteiger partial charge in [0.25, 0.3) is 0 Å². The lowest BCUT2D eigenvalue weighted by Crippen LogP contribution is -2.42. The fourth-order valence-corrected chi connectivity index (χ4v) is 3.41. The Kier molecular flexibility index (Phi) is 7.05. The average Bonchev–Trinajstić information content (AvgIpc) is 2.58. The van der Waals surface area contributed by atoms with Crippen LogP contribution >= 0.6 is 0 Å². The zero-order valence-corrected chi connectivity index (χ0v) is 15.4. The number of nitrogens with zero attached hydrogens (tertiary/aromatic N) is 2. The molecule has 0 saturated carbocycles. The number of hydrogen-bond donors (Lipinski definition) is 2. The number of rotatable bonds is 6. The minimum Gasteiger partial charge on any atom is -0.355 e. The summed E-state index contributed by atoms with van der Waals surface area (Å²) in [4.78, 5) is 7.05. The van der Waals surface area contributed by atoms with E-state index in [1.807, 2.05) is 12.1 Å². The minimum absolute atomic E-state index is 0.343. The number of benzene rings is 1. The molecule has 0 spiro atoms. The molecule has 0 amide bonds. The fourth-order valence-electron chi connectivity index (χ4n) is 2.78. The molecule has 7 heteroatoms. The van der Waals surface area contributed by atoms with Gasteiger partial charge in [-0.25, -0.2) is 8.42 Å². The molecular weight excluding hydrogens is 324 g/mol. The van der Waals surface area contributed by atoms with Gasteiger partial charge in [0, 0.05) is 32.9 Å². The largest absolute Gasteiger partial charge is 0.355 e. The van der Waals surface area contributed by atoms with Crippen LogP contribution in [0.25, 0.3) is 0 Å². The van der Waals surface area contributed by atoms with E-state index in [1.54, 1.807) is 19.2 Å². The molecule has 134 valence electrons. The molecule has 6 nitrogen and oxygen atoms in total. The van der Waals surface area contributed by atoms with Crippen molar-refractivity contribution in [1.82, 2.24) is 15.5 Å². The molecule has 0 aliphatic carbocycles. The van der Waals surface area contributed by atoms with Crippen LogP contribution in [0.1, 0.15) is 24.8 Å². The van der Waals surface area contributed by atoms with Crippen molar-refractivity contribution in [2.75, 3.05) is 39.5 Å². The molecule has 1 heterocycles. The van der Waals surface area contributed by atoms with Crippen LogP contribution in [0.5, 0.6) is 0 Å². The lowest BCUT2D eigenvalue weighted by atomic mass is 10.1. The summed E-state index contributed by atoms with van der Waals surface area (Å²) in [6, 6.07) is 6.92. The highest BCUT2D eigenvalue weighted by Crippen LogP contribution is 2.10. The van der Waals surface area contributed by atoms with Crippen LogP contribution < -0.4 is 10.6 Å². The third-order valence-corrected chi connectivity index (χ3v) is 5.33. The van der Waals surface area contributed by atoms with E-state index in [2.05, 4.69) is 20.5 Å². The zero-order valence-electron chi connectivity index (χ0n) is 14.6. The van der Waals surface area contributed by atoms with Crippen molar-refractivity contribution in [3.05, 3.63) is 29.8 Å². The molecule has 0 aromatic heterocycles. The quantitative estimate of drug-likeness (QED) is 0.595. The molecule has 2 N–H and O–H groups in total. The SMILES string of the molecule is CN=C(NCCN1CCCCC1)NCc1ccc(S(C)(=O)=O)cc1. The number of piperidine rings is 1. The summed E-state index contributed by atoms with van der Waals surface area (Å²) in [6.45, 7) is 4.89. The van der Waals surface area contributed by atoms with Gasteiger partial charge in [-0.05, 0) is 43.6 Å². The molecule has 1 aliphatic heterocycles. The Bertz CT molecular complexity index is 635. The van der Waals surface area contributed by atoms with Gasteiger partial charge < -0.3 is 15.5 Å². The molecule has 0 unspecified atom stereocenters. The molecule has 1 aromatic rings. The van der Waals surface area contributed by atoms with Crippen molar-refractivity contribution in [2.45, 2.75) is 30.7 Å². The Balaban J connectivity index is 1.74. The van der Waals surface area contributed by atoms with Crippen molar-refractivity contribution in [2.24, 2.45) is 4.99 Å². The van der Waals surface area contributed by atoms with Crippen LogP contribution in [0.3, 0.4) is 0 Å². The number of sulfone groups is 1. The molecule has 1 saturated heterocycles. The van der Waals surface area contributed by atoms with E-state index in [0.717, 1.165) is 24.6 Å². The Morgan fingerprint density at radius 3 is 2.38 bits per heavy atom. The van der Waals surface area contributed by atoms with E-state index in [0.29, 0.717) is 11.4 Å². The standard InChI is InChI=1S/C17H28N4O2S/c1-18-17(19-10-13-21-11-4-3-5-12-21)20-14-15-6-8-16(9-7-15)24(2,22)23/h6-9H,3-5,10-14H2,1-2H3,(H2,18,19,20). The Hall–Kier alpha value is -1.60. The van der Waals surface area contributed by atoms with Crippen LogP contribution in [0.2, 0.25) is 0 Å². The van der Waals surface area contributed by atoms with E-state index in [4.69, 9.17) is 0 Å². The molecule has 0 radical (unpaired) electrons. The molecule has 24 heavy (non-hydrogen) atoms. The van der Waals surface area contributed by atoms with Crippen LogP contribution in [-0.2, 0) is 16.4 Å². The molecule has 0 atom stereocenters. The summed E-state index contributed by atoms with van der Waals surface area (Å²) in [5.41, 5.74) is 1.02. The van der Waals surface area contributed by atoms with Crippen LogP contribution in [0, 0.1) is 0 Å². The van der Waals surface area contributed by atoms with Crippen LogP contribution in [0.15, 0.2) is 34.2 Å². The highest BCUT2D eigenvalue weighted by Gasteiger charge is 2.09. The fraction of sp³-hybridized carbons (Fsp3) is 0.588. The van der Waals surface area contributed by atoms with Crippen molar-refractivity contribution in [3.8, 4) is 0 Å². The van der Waals surface area contributed by atoms with Crippen LogP contribution in [-0.4, -0.2) is 58.8 Å². The van der Waals surface area contributed by atoms with Gasteiger partial charge in [0.05, 0.1) is 4.90 Å². The predicted molar refractivity (Wildman–Crippen MR) is 98.0 cm³/mol. The number of hydrogen-bond acceptors (Lipinski definition) is 4. The van der Waals surface area contributed by atoms with Gasteiger partial charge in [-0.1, -0.05) is 18.6 Å². The van der Waals surface area contributed by atoms with Gasteiger partial charge in [0.2, 0.25) is 0 Å². The second-order valence-corrected chi connectivity index (χ2v) is 8.19. The lowest BCUT2D eigenvalue weighted by Gasteiger charge is -2.26. The summed E-state index contributed by atoms with van der Waals surface area (Å²) < 4.78 is 22.9. The van der Waals surface area contributed by atoms with Gasteiger partial charge in [-0.3, -0.25) is 4.99 Å². The van der Waals surface area contributed by atoms with Gasteiger partial charge in [-0.2, -0.15) is 0 Å². The molecule has 1 fully saturated rings. The second kappa shape index (κ2) is 9.03. The maximum Gasteiger partial charge on any atom is 0.191 e. The second-order valence-electron chi connectivity index (χ2n) is 6.17. The number of aliphatic imine (C=N–C) groups is 1. The first-order valence-corrected chi connectivity index (χ1v) is 10.3.